The first-order valence-corrected chi connectivity index (χ1v) is 12.4. The average Bonchev–Trinajstić information content (AvgIpc) is 3.29. The molecule has 0 aliphatic rings. The summed E-state index contributed by atoms with van der Waals surface area (Å²) in [7, 11) is -4.05. The Labute approximate surface area is 195 Å². The van der Waals surface area contributed by atoms with E-state index in [2.05, 4.69) is 5.32 Å². The Bertz CT molecular complexity index is 1370. The maximum absolute atomic E-state index is 13.5. The lowest BCUT2D eigenvalue weighted by atomic mass is 10.1. The molecule has 3 N–H and O–H groups in total. The molecule has 4 aromatic rings. The molecule has 0 aliphatic carbocycles. The predicted molar refractivity (Wildman–Crippen MR) is 130 cm³/mol. The summed E-state index contributed by atoms with van der Waals surface area (Å²) < 4.78 is 28.7. The predicted octanol–water partition coefficient (Wildman–Crippen LogP) is 3.89. The lowest BCUT2D eigenvalue weighted by molar-refractivity contribution is -0.136. The number of carboxylic acids is 1. The summed E-state index contributed by atoms with van der Waals surface area (Å²) in [6, 6.07) is 21.5. The van der Waals surface area contributed by atoms with Gasteiger partial charge >= 0.3 is 5.97 Å². The number of aliphatic carboxylic acids is 1. The van der Waals surface area contributed by atoms with E-state index >= 15 is 0 Å². The fourth-order valence-electron chi connectivity index (χ4n) is 3.59. The van der Waals surface area contributed by atoms with Crippen LogP contribution >= 0.6 is 11.3 Å². The lowest BCUT2D eigenvalue weighted by Crippen LogP contribution is -2.32. The number of hydrogen-bond donors (Lipinski definition) is 3. The summed E-state index contributed by atoms with van der Waals surface area (Å²) in [5, 5.41) is 24.3. The fraction of sp³-hybridized carbons (Fsp3) is 0.125. The maximum Gasteiger partial charge on any atom is 0.317 e. The largest absolute Gasteiger partial charge is 0.480 e. The van der Waals surface area contributed by atoms with Crippen LogP contribution in [0.3, 0.4) is 0 Å². The molecule has 9 heteroatoms. The van der Waals surface area contributed by atoms with Gasteiger partial charge in [0.25, 0.3) is 10.0 Å². The number of nitrogens with one attached hydrogen (secondary N) is 1. The van der Waals surface area contributed by atoms with Crippen LogP contribution in [0.2, 0.25) is 0 Å². The summed E-state index contributed by atoms with van der Waals surface area (Å²) in [6.07, 6.45) is 0. The zero-order valence-corrected chi connectivity index (χ0v) is 19.1. The van der Waals surface area contributed by atoms with Crippen molar-refractivity contribution in [1.29, 1.82) is 0 Å². The second-order valence-electron chi connectivity index (χ2n) is 7.33. The first kappa shape index (κ1) is 22.9. The molecule has 0 atom stereocenters. The Kier molecular flexibility index (Phi) is 6.75. The van der Waals surface area contributed by atoms with E-state index in [-0.39, 0.29) is 18.0 Å². The summed E-state index contributed by atoms with van der Waals surface area (Å²) in [5.74, 6) is -0.981. The summed E-state index contributed by atoms with van der Waals surface area (Å²) >= 11 is 1.44. The molecular weight excluding hydrogens is 460 g/mol. The van der Waals surface area contributed by atoms with Gasteiger partial charge in [0.2, 0.25) is 0 Å². The van der Waals surface area contributed by atoms with Crippen LogP contribution in [0.1, 0.15) is 5.56 Å². The number of thiophene rings is 1. The third kappa shape index (κ3) is 4.91. The number of rotatable bonds is 9. The van der Waals surface area contributed by atoms with Crippen LogP contribution in [-0.2, 0) is 21.4 Å². The molecule has 0 radical (unpaired) electrons. The molecule has 0 unspecified atom stereocenters. The highest BCUT2D eigenvalue weighted by Crippen LogP contribution is 2.35. The van der Waals surface area contributed by atoms with Gasteiger partial charge in [-0.25, -0.2) is 12.7 Å². The van der Waals surface area contributed by atoms with Gasteiger partial charge in [0.15, 0.2) is 0 Å². The van der Waals surface area contributed by atoms with Crippen LogP contribution in [0.4, 0.5) is 5.69 Å². The molecule has 4 rings (SSSR count). The van der Waals surface area contributed by atoms with Gasteiger partial charge in [-0.2, -0.15) is 0 Å². The smallest absolute Gasteiger partial charge is 0.317 e. The van der Waals surface area contributed by atoms with Gasteiger partial charge in [0, 0.05) is 16.6 Å². The number of nitrogens with zero attached hydrogens (tertiary/aromatic N) is 1. The Morgan fingerprint density at radius 1 is 0.970 bits per heavy atom. The Hall–Kier alpha value is -3.24. The van der Waals surface area contributed by atoms with Crippen molar-refractivity contribution in [2.45, 2.75) is 11.4 Å². The van der Waals surface area contributed by atoms with Crippen molar-refractivity contribution in [2.75, 3.05) is 17.6 Å². The standard InChI is InChI=1S/C24H22N2O5S2/c27-16-26(22-12-17(14-25-15-24(28)29)13-23-21(22)10-11-32-23)33(30,31)20-8-6-19(7-9-20)18-4-2-1-3-5-18/h1-13,25,27H,14-16H2,(H,28,29). The maximum atomic E-state index is 13.5. The Morgan fingerprint density at radius 2 is 1.67 bits per heavy atom. The van der Waals surface area contributed by atoms with Crippen molar-refractivity contribution in [3.8, 4) is 11.1 Å². The van der Waals surface area contributed by atoms with Gasteiger partial charge in [0.05, 0.1) is 17.1 Å². The number of aliphatic hydroxyl groups excluding tert-OH is 1. The van der Waals surface area contributed by atoms with Gasteiger partial charge in [-0.1, -0.05) is 42.5 Å². The molecular formula is C24H22N2O5S2. The Morgan fingerprint density at radius 3 is 2.33 bits per heavy atom. The van der Waals surface area contributed by atoms with Crippen molar-refractivity contribution in [3.05, 3.63) is 83.7 Å². The molecule has 0 saturated carbocycles. The molecule has 0 amide bonds. The second-order valence-corrected chi connectivity index (χ2v) is 10.1. The molecule has 170 valence electrons. The molecule has 3 aromatic carbocycles. The van der Waals surface area contributed by atoms with Crippen LogP contribution in [-0.4, -0.2) is 37.9 Å². The summed E-state index contributed by atoms with van der Waals surface area (Å²) in [4.78, 5) is 10.9. The molecule has 1 heterocycles. The number of carboxylic acid groups (broad SMARTS) is 1. The molecule has 33 heavy (non-hydrogen) atoms. The zero-order chi connectivity index (χ0) is 23.4. The minimum absolute atomic E-state index is 0.0639. The van der Waals surface area contributed by atoms with Crippen molar-refractivity contribution in [1.82, 2.24) is 5.32 Å². The van der Waals surface area contributed by atoms with E-state index in [1.807, 2.05) is 41.8 Å². The highest BCUT2D eigenvalue weighted by atomic mass is 32.2. The molecule has 0 spiro atoms. The van der Waals surface area contributed by atoms with Crippen LogP contribution in [0, 0.1) is 0 Å². The van der Waals surface area contributed by atoms with E-state index in [0.29, 0.717) is 16.6 Å². The monoisotopic (exact) mass is 482 g/mol. The van der Waals surface area contributed by atoms with Crippen LogP contribution in [0.15, 0.2) is 83.1 Å². The topological polar surface area (TPSA) is 107 Å². The van der Waals surface area contributed by atoms with Crippen LogP contribution in [0.25, 0.3) is 21.2 Å². The quantitative estimate of drug-likeness (QED) is 0.313. The van der Waals surface area contributed by atoms with Gasteiger partial charge in [-0.15, -0.1) is 11.3 Å². The fourth-order valence-corrected chi connectivity index (χ4v) is 5.76. The minimum atomic E-state index is -4.05. The number of aliphatic hydroxyl groups is 1. The average molecular weight is 483 g/mol. The third-order valence-electron chi connectivity index (χ3n) is 5.16. The first-order valence-electron chi connectivity index (χ1n) is 10.1. The summed E-state index contributed by atoms with van der Waals surface area (Å²) in [5.41, 5.74) is 2.92. The third-order valence-corrected chi connectivity index (χ3v) is 7.79. The van der Waals surface area contributed by atoms with E-state index in [1.54, 1.807) is 24.3 Å². The van der Waals surface area contributed by atoms with Crippen molar-refractivity contribution < 1.29 is 23.4 Å². The van der Waals surface area contributed by atoms with Crippen LogP contribution < -0.4 is 9.62 Å². The highest BCUT2D eigenvalue weighted by Gasteiger charge is 2.26. The van der Waals surface area contributed by atoms with Gasteiger partial charge < -0.3 is 15.5 Å². The normalized spacial score (nSPS) is 11.5. The van der Waals surface area contributed by atoms with Gasteiger partial charge in [0.1, 0.15) is 6.73 Å². The number of fused-ring (bicyclic) bond motifs is 1. The molecule has 7 nitrogen and oxygen atoms in total. The number of sulfonamides is 1. The van der Waals surface area contributed by atoms with E-state index in [9.17, 15) is 18.3 Å². The minimum Gasteiger partial charge on any atom is -0.480 e. The molecule has 0 saturated heterocycles. The van der Waals surface area contributed by atoms with Crippen LogP contribution in [0.5, 0.6) is 0 Å². The number of carbonyl (C=O) groups is 1. The van der Waals surface area contributed by atoms with Crippen molar-refractivity contribution >= 4 is 43.1 Å². The SMILES string of the molecule is O=C(O)CNCc1cc(N(CO)S(=O)(=O)c2ccc(-c3ccccc3)cc2)c2ccsc2c1. The molecule has 1 aromatic heterocycles. The molecule has 0 aliphatic heterocycles. The van der Waals surface area contributed by atoms with Gasteiger partial charge in [-0.05, 0) is 52.4 Å². The number of benzene rings is 3. The number of hydrogen-bond acceptors (Lipinski definition) is 6. The first-order chi connectivity index (χ1) is 15.9. The number of anilines is 1. The summed E-state index contributed by atoms with van der Waals surface area (Å²) in [6.45, 7) is -0.703. The van der Waals surface area contributed by atoms with E-state index in [0.717, 1.165) is 20.1 Å². The molecule has 0 fully saturated rings. The van der Waals surface area contributed by atoms with Crippen molar-refractivity contribution in [3.63, 3.8) is 0 Å². The van der Waals surface area contributed by atoms with E-state index in [1.165, 1.54) is 23.5 Å². The lowest BCUT2D eigenvalue weighted by Gasteiger charge is -2.24. The van der Waals surface area contributed by atoms with Gasteiger partial charge in [-0.3, -0.25) is 4.79 Å². The van der Waals surface area contributed by atoms with E-state index < -0.39 is 22.7 Å². The second kappa shape index (κ2) is 9.72. The highest BCUT2D eigenvalue weighted by molar-refractivity contribution is 7.92. The molecule has 0 bridgehead atoms. The zero-order valence-electron chi connectivity index (χ0n) is 17.5. The Balaban J connectivity index is 1.70. The van der Waals surface area contributed by atoms with Crippen molar-refractivity contribution in [2.24, 2.45) is 0 Å². The van der Waals surface area contributed by atoms with E-state index in [4.69, 9.17) is 5.11 Å².